The van der Waals surface area contributed by atoms with E-state index < -0.39 is 10.0 Å². The van der Waals surface area contributed by atoms with Crippen molar-refractivity contribution in [2.45, 2.75) is 18.2 Å². The molecule has 0 saturated carbocycles. The number of allylic oxidation sites excluding steroid dienone is 1. The van der Waals surface area contributed by atoms with Gasteiger partial charge in [-0.2, -0.15) is 9.57 Å². The predicted octanol–water partition coefficient (Wildman–Crippen LogP) is 5.62. The Morgan fingerprint density at radius 2 is 1.79 bits per heavy atom. The number of ether oxygens (including phenoxy) is 1. The van der Waals surface area contributed by atoms with Gasteiger partial charge in [0, 0.05) is 31.2 Å². The molecular weight excluding hydrogens is 554 g/mol. The van der Waals surface area contributed by atoms with Gasteiger partial charge >= 0.3 is 0 Å². The molecule has 0 unspecified atom stereocenters. The fourth-order valence-corrected chi connectivity index (χ4v) is 6.31. The SMILES string of the molecule is Cc1cc(Cl)cc(Oc2ccc(C#N)cc2S(=O)(=O)N2CCN(C(=S)CC(=O)/C=C/c3ccccc3)CC2)c1. The van der Waals surface area contributed by atoms with E-state index in [0.717, 1.165) is 11.1 Å². The van der Waals surface area contributed by atoms with Crippen LogP contribution < -0.4 is 4.74 Å². The number of sulfonamides is 1. The average molecular weight is 580 g/mol. The first-order valence-electron chi connectivity index (χ1n) is 12.2. The first kappa shape index (κ1) is 28.5. The Bertz CT molecular complexity index is 1540. The maximum absolute atomic E-state index is 13.7. The molecule has 39 heavy (non-hydrogen) atoms. The normalized spacial score (nSPS) is 14.2. The van der Waals surface area contributed by atoms with Gasteiger partial charge in [0.25, 0.3) is 0 Å². The molecule has 4 rings (SSSR count). The minimum atomic E-state index is -4.00. The lowest BCUT2D eigenvalue weighted by Gasteiger charge is -2.35. The Labute approximate surface area is 238 Å². The number of nitriles is 1. The van der Waals surface area contributed by atoms with Crippen LogP contribution >= 0.6 is 23.8 Å². The van der Waals surface area contributed by atoms with Crippen LogP contribution in [0.5, 0.6) is 11.5 Å². The van der Waals surface area contributed by atoms with Crippen LogP contribution in [0.2, 0.25) is 5.02 Å². The third-order valence-electron chi connectivity index (χ3n) is 6.11. The number of hydrogen-bond donors (Lipinski definition) is 0. The van der Waals surface area contributed by atoms with Crippen LogP contribution in [-0.4, -0.2) is 54.6 Å². The zero-order valence-electron chi connectivity index (χ0n) is 21.2. The summed E-state index contributed by atoms with van der Waals surface area (Å²) in [5.41, 5.74) is 1.98. The summed E-state index contributed by atoms with van der Waals surface area (Å²) in [6.07, 6.45) is 3.33. The summed E-state index contributed by atoms with van der Waals surface area (Å²) in [6.45, 7) is 2.88. The van der Waals surface area contributed by atoms with Gasteiger partial charge < -0.3 is 9.64 Å². The van der Waals surface area contributed by atoms with Crippen molar-refractivity contribution in [3.05, 3.63) is 94.5 Å². The lowest BCUT2D eigenvalue weighted by atomic mass is 10.1. The number of thiocarbonyl (C=S) groups is 1. The molecule has 0 aliphatic carbocycles. The Morgan fingerprint density at radius 3 is 2.46 bits per heavy atom. The monoisotopic (exact) mass is 579 g/mol. The Balaban J connectivity index is 1.44. The molecule has 0 spiro atoms. The summed E-state index contributed by atoms with van der Waals surface area (Å²) in [6, 6.07) is 20.9. The predicted molar refractivity (Wildman–Crippen MR) is 155 cm³/mol. The maximum atomic E-state index is 13.7. The highest BCUT2D eigenvalue weighted by Gasteiger charge is 2.32. The van der Waals surface area contributed by atoms with E-state index in [1.807, 2.05) is 48.2 Å². The number of piperazine rings is 1. The van der Waals surface area contributed by atoms with Gasteiger partial charge in [0.05, 0.1) is 23.0 Å². The van der Waals surface area contributed by atoms with Gasteiger partial charge in [-0.05, 0) is 60.5 Å². The number of ketones is 1. The van der Waals surface area contributed by atoms with Crippen LogP contribution in [0.4, 0.5) is 0 Å². The van der Waals surface area contributed by atoms with Crippen molar-refractivity contribution in [3.63, 3.8) is 0 Å². The van der Waals surface area contributed by atoms with Gasteiger partial charge in [0.15, 0.2) is 5.78 Å². The van der Waals surface area contributed by atoms with Crippen LogP contribution in [0.15, 0.2) is 77.7 Å². The van der Waals surface area contributed by atoms with E-state index in [1.54, 1.807) is 24.3 Å². The maximum Gasteiger partial charge on any atom is 0.246 e. The fraction of sp³-hybridized carbons (Fsp3) is 0.207. The number of rotatable bonds is 8. The molecular formula is C29H26ClN3O4S2. The quantitative estimate of drug-likeness (QED) is 0.253. The minimum Gasteiger partial charge on any atom is -0.456 e. The van der Waals surface area contributed by atoms with E-state index in [1.165, 1.54) is 28.6 Å². The molecule has 0 amide bonds. The molecule has 1 fully saturated rings. The molecule has 0 N–H and O–H groups in total. The molecule has 0 aromatic heterocycles. The van der Waals surface area contributed by atoms with Crippen LogP contribution in [0, 0.1) is 18.3 Å². The molecule has 0 radical (unpaired) electrons. The van der Waals surface area contributed by atoms with E-state index in [4.69, 9.17) is 28.6 Å². The minimum absolute atomic E-state index is 0.0761. The Kier molecular flexibility index (Phi) is 9.15. The number of hydrogen-bond acceptors (Lipinski definition) is 6. The average Bonchev–Trinajstić information content (AvgIpc) is 2.92. The highest BCUT2D eigenvalue weighted by molar-refractivity contribution is 7.89. The third kappa shape index (κ3) is 7.31. The van der Waals surface area contributed by atoms with Gasteiger partial charge in [-0.25, -0.2) is 8.42 Å². The molecule has 0 atom stereocenters. The molecule has 200 valence electrons. The number of carbonyl (C=O) groups is 1. The molecule has 1 saturated heterocycles. The fourth-order valence-electron chi connectivity index (χ4n) is 4.14. The molecule has 1 aliphatic heterocycles. The van der Waals surface area contributed by atoms with Gasteiger partial charge in [0.1, 0.15) is 16.4 Å². The molecule has 3 aromatic rings. The summed E-state index contributed by atoms with van der Waals surface area (Å²) in [5, 5.41) is 9.85. The van der Waals surface area contributed by atoms with Crippen LogP contribution in [0.3, 0.4) is 0 Å². The van der Waals surface area contributed by atoms with Gasteiger partial charge in [-0.15, -0.1) is 0 Å². The molecule has 1 heterocycles. The largest absolute Gasteiger partial charge is 0.456 e. The van der Waals surface area contributed by atoms with E-state index in [0.29, 0.717) is 28.9 Å². The summed E-state index contributed by atoms with van der Waals surface area (Å²) < 4.78 is 34.6. The number of benzene rings is 3. The van der Waals surface area contributed by atoms with Crippen molar-refractivity contribution >= 4 is 50.7 Å². The Hall–Kier alpha value is -3.55. The molecule has 7 nitrogen and oxygen atoms in total. The first-order chi connectivity index (χ1) is 18.7. The van der Waals surface area contributed by atoms with Crippen molar-refractivity contribution in [3.8, 4) is 17.6 Å². The zero-order chi connectivity index (χ0) is 28.0. The number of carbonyl (C=O) groups excluding carboxylic acids is 1. The second-order valence-electron chi connectivity index (χ2n) is 9.01. The first-order valence-corrected chi connectivity index (χ1v) is 14.4. The smallest absolute Gasteiger partial charge is 0.246 e. The number of nitrogens with zero attached hydrogens (tertiary/aromatic N) is 3. The summed E-state index contributed by atoms with van der Waals surface area (Å²) in [7, 11) is -4.00. The van der Waals surface area contributed by atoms with Crippen molar-refractivity contribution in [2.24, 2.45) is 0 Å². The van der Waals surface area contributed by atoms with Gasteiger partial charge in [-0.3, -0.25) is 4.79 Å². The van der Waals surface area contributed by atoms with E-state index in [-0.39, 0.29) is 41.5 Å². The van der Waals surface area contributed by atoms with E-state index in [2.05, 4.69) is 0 Å². The van der Waals surface area contributed by atoms with Crippen molar-refractivity contribution in [1.29, 1.82) is 5.26 Å². The lowest BCUT2D eigenvalue weighted by Crippen LogP contribution is -2.50. The van der Waals surface area contributed by atoms with Crippen LogP contribution in [-0.2, 0) is 14.8 Å². The van der Waals surface area contributed by atoms with Crippen molar-refractivity contribution < 1.29 is 17.9 Å². The van der Waals surface area contributed by atoms with E-state index in [9.17, 15) is 18.5 Å². The van der Waals surface area contributed by atoms with Crippen LogP contribution in [0.1, 0.15) is 23.1 Å². The topological polar surface area (TPSA) is 90.7 Å². The van der Waals surface area contributed by atoms with Crippen molar-refractivity contribution in [2.75, 3.05) is 26.2 Å². The second-order valence-corrected chi connectivity index (χ2v) is 11.8. The second kappa shape index (κ2) is 12.5. The van der Waals surface area contributed by atoms with Crippen LogP contribution in [0.25, 0.3) is 6.08 Å². The van der Waals surface area contributed by atoms with E-state index >= 15 is 0 Å². The third-order valence-corrected chi connectivity index (χ3v) is 8.65. The highest BCUT2D eigenvalue weighted by atomic mass is 35.5. The zero-order valence-corrected chi connectivity index (χ0v) is 23.6. The molecule has 1 aliphatic rings. The number of halogens is 1. The lowest BCUT2D eigenvalue weighted by molar-refractivity contribution is -0.113. The van der Waals surface area contributed by atoms with Gasteiger partial charge in [-0.1, -0.05) is 60.2 Å². The van der Waals surface area contributed by atoms with Gasteiger partial charge in [0.2, 0.25) is 10.0 Å². The molecule has 0 bridgehead atoms. The molecule has 10 heteroatoms. The number of aryl methyl sites for hydroxylation is 1. The summed E-state index contributed by atoms with van der Waals surface area (Å²) in [5.74, 6) is 0.372. The summed E-state index contributed by atoms with van der Waals surface area (Å²) >= 11 is 11.6. The Morgan fingerprint density at radius 1 is 1.08 bits per heavy atom. The van der Waals surface area contributed by atoms with Crippen molar-refractivity contribution in [1.82, 2.24) is 9.21 Å². The highest BCUT2D eigenvalue weighted by Crippen LogP contribution is 2.33. The standard InChI is InChI=1S/C29H26ClN3O4S2/c1-21-15-24(30)18-26(16-21)37-27-10-8-23(20-31)17-28(27)39(35,36)33-13-11-32(12-14-33)29(38)19-25(34)9-7-22-5-3-2-4-6-22/h2-10,15-18H,11-14,19H2,1H3/b9-7+. The molecule has 3 aromatic carbocycles. The summed E-state index contributed by atoms with van der Waals surface area (Å²) in [4.78, 5) is 14.6.